The predicted molar refractivity (Wildman–Crippen MR) is 202 cm³/mol. The minimum absolute atomic E-state index is 0.204. The van der Waals surface area contributed by atoms with E-state index in [2.05, 4.69) is 0 Å². The summed E-state index contributed by atoms with van der Waals surface area (Å²) in [6, 6.07) is 37.4. The van der Waals surface area contributed by atoms with Crippen LogP contribution < -0.4 is 0 Å². The van der Waals surface area contributed by atoms with Crippen LogP contribution in [0.15, 0.2) is 160 Å². The van der Waals surface area contributed by atoms with Crippen LogP contribution in [0.5, 0.6) is 0 Å². The molecule has 0 aromatic heterocycles. The second kappa shape index (κ2) is 14.6. The average molecular weight is 779 g/mol. The average Bonchev–Trinajstić information content (AvgIpc) is 3.08. The molecule has 0 N–H and O–H groups in total. The molecule has 6 aromatic rings. The number of carbonyl (C=O) groups excluding carboxylic acids is 2. The van der Waals surface area contributed by atoms with Gasteiger partial charge in [-0.3, -0.25) is 9.59 Å². The molecule has 0 saturated heterocycles. The normalized spacial score (nSPS) is 12.2. The summed E-state index contributed by atoms with van der Waals surface area (Å²) in [6.07, 6.45) is 0. The molecular formula is C38H20Cl4O2S4. The zero-order valence-electron chi connectivity index (χ0n) is 24.5. The van der Waals surface area contributed by atoms with Crippen LogP contribution in [0.25, 0.3) is 0 Å². The molecule has 0 fully saturated rings. The highest BCUT2D eigenvalue weighted by atomic mass is 35.5. The van der Waals surface area contributed by atoms with E-state index >= 15 is 9.59 Å². The van der Waals surface area contributed by atoms with E-state index in [-0.39, 0.29) is 11.6 Å². The van der Waals surface area contributed by atoms with Gasteiger partial charge < -0.3 is 0 Å². The maximum atomic E-state index is 15.0. The lowest BCUT2D eigenvalue weighted by molar-refractivity contribution is 0.0970. The maximum absolute atomic E-state index is 15.0. The quantitative estimate of drug-likeness (QED) is 0.153. The fourth-order valence-electron chi connectivity index (χ4n) is 5.14. The molecule has 48 heavy (non-hydrogen) atoms. The first-order valence-electron chi connectivity index (χ1n) is 14.4. The largest absolute Gasteiger partial charge is 0.288 e. The molecule has 0 spiro atoms. The topological polar surface area (TPSA) is 34.1 Å². The predicted octanol–water partition coefficient (Wildman–Crippen LogP) is 13.7. The summed E-state index contributed by atoms with van der Waals surface area (Å²) in [5.41, 5.74) is 1.55. The highest BCUT2D eigenvalue weighted by molar-refractivity contribution is 8.00. The lowest BCUT2D eigenvalue weighted by Gasteiger charge is -2.26. The molecule has 0 heterocycles. The van der Waals surface area contributed by atoms with E-state index in [1.165, 1.54) is 47.0 Å². The zero-order valence-corrected chi connectivity index (χ0v) is 30.8. The minimum Gasteiger partial charge on any atom is -0.288 e. The Balaban J connectivity index is 1.42. The van der Waals surface area contributed by atoms with Crippen molar-refractivity contribution in [3.63, 3.8) is 0 Å². The summed E-state index contributed by atoms with van der Waals surface area (Å²) in [6.45, 7) is 0. The maximum Gasteiger partial charge on any atom is 0.196 e. The smallest absolute Gasteiger partial charge is 0.196 e. The molecule has 0 atom stereocenters. The Morgan fingerprint density at radius 2 is 0.479 bits per heavy atom. The Labute approximate surface area is 314 Å². The molecule has 0 unspecified atom stereocenters. The molecule has 1 aliphatic rings. The molecule has 0 aliphatic heterocycles. The Morgan fingerprint density at radius 1 is 0.292 bits per heavy atom. The number of benzene rings is 6. The van der Waals surface area contributed by atoms with Gasteiger partial charge >= 0.3 is 0 Å². The second-order valence-corrected chi connectivity index (χ2v) is 16.7. The molecule has 6 aromatic carbocycles. The molecule has 10 heteroatoms. The van der Waals surface area contributed by atoms with Crippen molar-refractivity contribution in [3.05, 3.63) is 164 Å². The van der Waals surface area contributed by atoms with Gasteiger partial charge in [-0.2, -0.15) is 0 Å². The molecule has 1 aliphatic carbocycles. The third kappa shape index (κ3) is 7.23. The van der Waals surface area contributed by atoms with E-state index < -0.39 is 0 Å². The summed E-state index contributed by atoms with van der Waals surface area (Å²) in [5, 5.41) is 2.47. The fraction of sp³-hybridized carbons (Fsp3) is 0. The molecule has 0 bridgehead atoms. The molecule has 236 valence electrons. The van der Waals surface area contributed by atoms with Gasteiger partial charge in [0.25, 0.3) is 0 Å². The summed E-state index contributed by atoms with van der Waals surface area (Å²) in [4.78, 5) is 36.4. The number of hydrogen-bond acceptors (Lipinski definition) is 6. The lowest BCUT2D eigenvalue weighted by Crippen LogP contribution is -2.24. The van der Waals surface area contributed by atoms with Gasteiger partial charge in [-0.15, -0.1) is 0 Å². The second-order valence-electron chi connectivity index (χ2n) is 10.5. The molecule has 0 saturated carbocycles. The van der Waals surface area contributed by atoms with Crippen LogP contribution in [-0.2, 0) is 0 Å². The number of ketones is 2. The van der Waals surface area contributed by atoms with Gasteiger partial charge in [0.15, 0.2) is 11.6 Å². The lowest BCUT2D eigenvalue weighted by atomic mass is 9.84. The Hall–Kier alpha value is -2.78. The van der Waals surface area contributed by atoms with Gasteiger partial charge in [0.2, 0.25) is 0 Å². The van der Waals surface area contributed by atoms with Crippen LogP contribution >= 0.6 is 93.5 Å². The summed E-state index contributed by atoms with van der Waals surface area (Å²) in [7, 11) is 0. The van der Waals surface area contributed by atoms with Gasteiger partial charge in [-0.05, 0) is 121 Å². The molecule has 7 rings (SSSR count). The monoisotopic (exact) mass is 776 g/mol. The van der Waals surface area contributed by atoms with Gasteiger partial charge in [-0.25, -0.2) is 0 Å². The van der Waals surface area contributed by atoms with E-state index in [1.54, 1.807) is 0 Å². The number of hydrogen-bond donors (Lipinski definition) is 0. The SMILES string of the molecule is O=C1c2c(Sc3ccc(Cl)cc3)ccc(Sc3ccc(Cl)cc3)c2C(=O)c2c(Sc3ccc(Cl)cc3)ccc(Sc3ccc(Cl)cc3)c21. The van der Waals surface area contributed by atoms with Gasteiger partial charge in [0, 0.05) is 81.5 Å². The van der Waals surface area contributed by atoms with Crippen LogP contribution in [0.1, 0.15) is 31.8 Å². The zero-order chi connectivity index (χ0) is 33.4. The summed E-state index contributed by atoms with van der Waals surface area (Å²) >= 11 is 30.4. The molecule has 0 amide bonds. The van der Waals surface area contributed by atoms with E-state index in [4.69, 9.17) is 46.4 Å². The van der Waals surface area contributed by atoms with E-state index in [1.807, 2.05) is 121 Å². The number of halogens is 4. The number of carbonyl (C=O) groups is 2. The van der Waals surface area contributed by atoms with Crippen LogP contribution in [0, 0.1) is 0 Å². The van der Waals surface area contributed by atoms with Crippen LogP contribution in [-0.4, -0.2) is 11.6 Å². The first-order chi connectivity index (χ1) is 23.2. The Morgan fingerprint density at radius 3 is 0.667 bits per heavy atom. The van der Waals surface area contributed by atoms with Crippen molar-refractivity contribution in [3.8, 4) is 0 Å². The van der Waals surface area contributed by atoms with Gasteiger partial charge in [0.1, 0.15) is 0 Å². The van der Waals surface area contributed by atoms with Crippen LogP contribution in [0.2, 0.25) is 20.1 Å². The van der Waals surface area contributed by atoms with Crippen LogP contribution in [0.4, 0.5) is 0 Å². The standard InChI is InChI=1S/C38H20Cl4O2S4/c39-21-1-9-25(10-2-21)45-29-17-18-30(46-26-11-3-22(40)4-12-26)34-33(29)37(43)35-31(47-27-13-5-23(41)6-14-27)19-20-32(36(35)38(34)44)48-28-15-7-24(42)8-16-28/h1-20H. The first-order valence-corrected chi connectivity index (χ1v) is 19.2. The highest BCUT2D eigenvalue weighted by Gasteiger charge is 2.38. The number of rotatable bonds is 8. The molecule has 2 nitrogen and oxygen atoms in total. The van der Waals surface area contributed by atoms with E-state index in [9.17, 15) is 0 Å². The highest BCUT2D eigenvalue weighted by Crippen LogP contribution is 2.48. The minimum atomic E-state index is -0.204. The van der Waals surface area contributed by atoms with Crippen molar-refractivity contribution >= 4 is 105 Å². The van der Waals surface area contributed by atoms with Gasteiger partial charge in [0.05, 0.1) is 0 Å². The van der Waals surface area contributed by atoms with Crippen LogP contribution in [0.3, 0.4) is 0 Å². The van der Waals surface area contributed by atoms with Crippen molar-refractivity contribution in [2.75, 3.05) is 0 Å². The third-order valence-electron chi connectivity index (χ3n) is 7.33. The molecule has 0 radical (unpaired) electrons. The van der Waals surface area contributed by atoms with Crippen molar-refractivity contribution in [2.24, 2.45) is 0 Å². The van der Waals surface area contributed by atoms with E-state index in [0.717, 1.165) is 19.6 Å². The third-order valence-corrected chi connectivity index (χ3v) is 12.6. The van der Waals surface area contributed by atoms with Crippen molar-refractivity contribution in [1.82, 2.24) is 0 Å². The van der Waals surface area contributed by atoms with Crippen molar-refractivity contribution < 1.29 is 9.59 Å². The fourth-order valence-corrected chi connectivity index (χ4v) is 9.48. The summed E-state index contributed by atoms with van der Waals surface area (Å²) in [5.74, 6) is -0.408. The Bertz CT molecular complexity index is 1880. The first kappa shape index (κ1) is 33.7. The Kier molecular flexibility index (Phi) is 10.3. The summed E-state index contributed by atoms with van der Waals surface area (Å²) < 4.78 is 0. The molecular weight excluding hydrogens is 758 g/mol. The van der Waals surface area contributed by atoms with E-state index in [0.29, 0.717) is 61.9 Å². The van der Waals surface area contributed by atoms with Crippen molar-refractivity contribution in [1.29, 1.82) is 0 Å². The number of fused-ring (bicyclic) bond motifs is 2. The van der Waals surface area contributed by atoms with Gasteiger partial charge in [-0.1, -0.05) is 93.5 Å². The van der Waals surface area contributed by atoms with Crippen molar-refractivity contribution in [2.45, 2.75) is 39.2 Å².